The highest BCUT2D eigenvalue weighted by atomic mass is 16.5. The Labute approximate surface area is 99.6 Å². The Hall–Kier alpha value is -1.65. The second-order valence-corrected chi connectivity index (χ2v) is 4.35. The summed E-state index contributed by atoms with van der Waals surface area (Å²) < 4.78 is 8.44. The van der Waals surface area contributed by atoms with E-state index in [2.05, 4.69) is 0 Å². The molecule has 0 bridgehead atoms. The van der Waals surface area contributed by atoms with Crippen molar-refractivity contribution in [1.29, 1.82) is 0 Å². The summed E-state index contributed by atoms with van der Waals surface area (Å²) in [6, 6.07) is 0.151. The van der Waals surface area contributed by atoms with E-state index in [4.69, 9.17) is 4.74 Å². The van der Waals surface area contributed by atoms with Gasteiger partial charge in [0.2, 0.25) is 0 Å². The van der Waals surface area contributed by atoms with Crippen LogP contribution in [0.25, 0.3) is 0 Å². The minimum Gasteiger partial charge on any atom is -0.462 e. The van der Waals surface area contributed by atoms with Crippen molar-refractivity contribution < 1.29 is 14.1 Å². The standard InChI is InChI=1S/C12H17N2O3/c1-4-17-12(16)9-7-13(3)10-6-5-8(2)14(10)11(9)15/h7-8H,4-6H2,1-3H3/q+1. The molecule has 0 N–H and O–H groups in total. The summed E-state index contributed by atoms with van der Waals surface area (Å²) in [5, 5.41) is 0. The Bertz CT molecular complexity index is 519. The van der Waals surface area contributed by atoms with Crippen LogP contribution in [0.4, 0.5) is 0 Å². The molecule has 0 fully saturated rings. The lowest BCUT2D eigenvalue weighted by molar-refractivity contribution is -0.683. The molecule has 1 aromatic heterocycles. The average molecular weight is 237 g/mol. The predicted octanol–water partition coefficient (Wildman–Crippen LogP) is 0.357. The molecule has 0 aromatic carbocycles. The van der Waals surface area contributed by atoms with Crippen LogP contribution in [0.2, 0.25) is 0 Å². The molecule has 0 saturated carbocycles. The number of carbonyl (C=O) groups excluding carboxylic acids is 1. The van der Waals surface area contributed by atoms with Gasteiger partial charge in [-0.3, -0.25) is 0 Å². The van der Waals surface area contributed by atoms with Crippen molar-refractivity contribution in [3.05, 3.63) is 27.9 Å². The third-order valence-electron chi connectivity index (χ3n) is 3.18. The highest BCUT2D eigenvalue weighted by Gasteiger charge is 2.32. The molecular formula is C12H17N2O3+. The molecule has 1 aliphatic heterocycles. The largest absolute Gasteiger partial charge is 0.462 e. The molecule has 17 heavy (non-hydrogen) atoms. The summed E-state index contributed by atoms with van der Waals surface area (Å²) >= 11 is 0. The number of nitrogens with zero attached hydrogens (tertiary/aromatic N) is 2. The number of carbonyl (C=O) groups is 1. The van der Waals surface area contributed by atoms with E-state index in [9.17, 15) is 9.59 Å². The van der Waals surface area contributed by atoms with E-state index in [0.717, 1.165) is 18.7 Å². The Morgan fingerprint density at radius 3 is 3.00 bits per heavy atom. The quantitative estimate of drug-likeness (QED) is 0.551. The number of aryl methyl sites for hydroxylation is 1. The molecule has 5 nitrogen and oxygen atoms in total. The normalized spacial score (nSPS) is 17.9. The first-order valence-electron chi connectivity index (χ1n) is 5.87. The summed E-state index contributed by atoms with van der Waals surface area (Å²) in [5.74, 6) is 0.429. The van der Waals surface area contributed by atoms with Gasteiger partial charge in [0.05, 0.1) is 20.1 Å². The fourth-order valence-electron chi connectivity index (χ4n) is 2.31. The van der Waals surface area contributed by atoms with Crippen molar-refractivity contribution in [2.75, 3.05) is 6.61 Å². The van der Waals surface area contributed by atoms with E-state index >= 15 is 0 Å². The zero-order valence-corrected chi connectivity index (χ0v) is 10.4. The van der Waals surface area contributed by atoms with Gasteiger partial charge in [0, 0.05) is 0 Å². The van der Waals surface area contributed by atoms with Gasteiger partial charge in [0.1, 0.15) is 12.2 Å². The van der Waals surface area contributed by atoms with Crippen LogP contribution < -0.4 is 10.1 Å². The lowest BCUT2D eigenvalue weighted by Crippen LogP contribution is -2.43. The molecule has 5 heteroatoms. The summed E-state index contributed by atoms with van der Waals surface area (Å²) in [6.45, 7) is 4.00. The van der Waals surface area contributed by atoms with Gasteiger partial charge in [-0.1, -0.05) is 0 Å². The van der Waals surface area contributed by atoms with Crippen molar-refractivity contribution in [2.24, 2.45) is 7.05 Å². The number of rotatable bonds is 2. The first kappa shape index (κ1) is 11.8. The minimum absolute atomic E-state index is 0.117. The van der Waals surface area contributed by atoms with Crippen molar-refractivity contribution in [3.63, 3.8) is 0 Å². The first-order valence-corrected chi connectivity index (χ1v) is 5.87. The predicted molar refractivity (Wildman–Crippen MR) is 60.9 cm³/mol. The molecule has 1 aromatic rings. The van der Waals surface area contributed by atoms with E-state index in [1.54, 1.807) is 17.7 Å². The third-order valence-corrected chi connectivity index (χ3v) is 3.18. The highest BCUT2D eigenvalue weighted by molar-refractivity contribution is 5.88. The molecule has 2 rings (SSSR count). The van der Waals surface area contributed by atoms with Crippen LogP contribution >= 0.6 is 0 Å². The number of esters is 1. The molecule has 92 valence electrons. The van der Waals surface area contributed by atoms with Crippen LogP contribution in [0, 0.1) is 0 Å². The van der Waals surface area contributed by atoms with E-state index in [1.165, 1.54) is 0 Å². The Morgan fingerprint density at radius 1 is 1.65 bits per heavy atom. The van der Waals surface area contributed by atoms with Crippen LogP contribution in [0.1, 0.15) is 42.5 Å². The topological polar surface area (TPSA) is 52.2 Å². The molecule has 1 aliphatic rings. The maximum absolute atomic E-state index is 12.2. The van der Waals surface area contributed by atoms with E-state index in [0.29, 0.717) is 0 Å². The Kier molecular flexibility index (Phi) is 3.00. The second kappa shape index (κ2) is 4.31. The fraction of sp³-hybridized carbons (Fsp3) is 0.583. The Balaban J connectivity index is 2.58. The zero-order valence-electron chi connectivity index (χ0n) is 10.4. The number of aromatic nitrogens is 2. The minimum atomic E-state index is -0.539. The number of fused-ring (bicyclic) bond motifs is 1. The van der Waals surface area contributed by atoms with E-state index < -0.39 is 5.97 Å². The molecule has 2 heterocycles. The van der Waals surface area contributed by atoms with Crippen molar-refractivity contribution in [1.82, 2.24) is 4.57 Å². The van der Waals surface area contributed by atoms with Gasteiger partial charge in [-0.2, -0.15) is 4.57 Å². The van der Waals surface area contributed by atoms with Crippen molar-refractivity contribution in [2.45, 2.75) is 32.7 Å². The second-order valence-electron chi connectivity index (χ2n) is 4.35. The molecule has 0 spiro atoms. The summed E-state index contributed by atoms with van der Waals surface area (Å²) in [7, 11) is 1.85. The van der Waals surface area contributed by atoms with Gasteiger partial charge in [0.15, 0.2) is 5.56 Å². The van der Waals surface area contributed by atoms with Crippen LogP contribution in [0.15, 0.2) is 11.0 Å². The number of hydrogen-bond donors (Lipinski definition) is 0. The molecule has 0 amide bonds. The monoisotopic (exact) mass is 237 g/mol. The summed E-state index contributed by atoms with van der Waals surface area (Å²) in [5.41, 5.74) is -0.117. The van der Waals surface area contributed by atoms with Crippen molar-refractivity contribution >= 4 is 5.97 Å². The summed E-state index contributed by atoms with van der Waals surface area (Å²) in [6.07, 6.45) is 3.38. The highest BCUT2D eigenvalue weighted by Crippen LogP contribution is 2.20. The maximum Gasteiger partial charge on any atom is 0.352 e. The van der Waals surface area contributed by atoms with Gasteiger partial charge in [0.25, 0.3) is 5.82 Å². The molecule has 1 unspecified atom stereocenters. The van der Waals surface area contributed by atoms with Gasteiger partial charge < -0.3 is 4.74 Å². The van der Waals surface area contributed by atoms with Crippen molar-refractivity contribution in [3.8, 4) is 0 Å². The Morgan fingerprint density at radius 2 is 2.35 bits per heavy atom. The smallest absolute Gasteiger partial charge is 0.352 e. The van der Waals surface area contributed by atoms with Crippen LogP contribution in [-0.4, -0.2) is 17.1 Å². The van der Waals surface area contributed by atoms with Gasteiger partial charge >= 0.3 is 11.5 Å². The number of ether oxygens (including phenoxy) is 1. The molecule has 0 saturated heterocycles. The lowest BCUT2D eigenvalue weighted by Gasteiger charge is -2.06. The van der Waals surface area contributed by atoms with Gasteiger partial charge in [-0.25, -0.2) is 14.2 Å². The van der Waals surface area contributed by atoms with Gasteiger partial charge in [-0.05, 0) is 20.3 Å². The van der Waals surface area contributed by atoms with Crippen LogP contribution in [0.5, 0.6) is 0 Å². The zero-order chi connectivity index (χ0) is 12.6. The van der Waals surface area contributed by atoms with Gasteiger partial charge in [-0.15, -0.1) is 0 Å². The molecule has 1 atom stereocenters. The van der Waals surface area contributed by atoms with Crippen LogP contribution in [0.3, 0.4) is 0 Å². The summed E-state index contributed by atoms with van der Waals surface area (Å²) in [4.78, 5) is 23.9. The number of hydrogen-bond acceptors (Lipinski definition) is 3. The van der Waals surface area contributed by atoms with Crippen LogP contribution in [-0.2, 0) is 18.2 Å². The molecular weight excluding hydrogens is 220 g/mol. The maximum atomic E-state index is 12.2. The van der Waals surface area contributed by atoms with E-state index in [1.807, 2.05) is 18.5 Å². The average Bonchev–Trinajstić information content (AvgIpc) is 2.67. The lowest BCUT2D eigenvalue weighted by atomic mass is 10.2. The first-order chi connectivity index (χ1) is 8.06. The fourth-order valence-corrected chi connectivity index (χ4v) is 2.31. The molecule has 0 radical (unpaired) electrons. The SMILES string of the molecule is CCOC(=O)c1c[n+](C)c2n(c1=O)C(C)CC2. The third kappa shape index (κ3) is 1.85. The van der Waals surface area contributed by atoms with E-state index in [-0.39, 0.29) is 23.8 Å². The molecule has 0 aliphatic carbocycles.